The first kappa shape index (κ1) is 51.7. The Morgan fingerprint density at radius 1 is 0.345 bits per heavy atom. The van der Waals surface area contributed by atoms with Crippen LogP contribution in [0.4, 0.5) is 47.3 Å². The molecule has 0 saturated heterocycles. The van der Waals surface area contributed by atoms with Crippen molar-refractivity contribution in [1.29, 1.82) is 15.8 Å². The molecule has 0 bridgehead atoms. The molecule has 0 radical (unpaired) electrons. The van der Waals surface area contributed by atoms with Gasteiger partial charge in [0.05, 0.1) is 91.0 Å². The van der Waals surface area contributed by atoms with Crippen molar-refractivity contribution in [1.82, 2.24) is 9.13 Å². The summed E-state index contributed by atoms with van der Waals surface area (Å²) in [7, 11) is 0. The Hall–Kier alpha value is -13.0. The highest BCUT2D eigenvalue weighted by Gasteiger charge is 2.35. The third-order valence-corrected chi connectivity index (χ3v) is 15.0. The van der Waals surface area contributed by atoms with Gasteiger partial charge in [-0.3, -0.25) is 0 Å². The number of alkyl halides is 3. The van der Waals surface area contributed by atoms with Crippen LogP contribution in [0.15, 0.2) is 182 Å². The second-order valence-electron chi connectivity index (χ2n) is 19.4. The summed E-state index contributed by atoms with van der Waals surface area (Å²) in [5, 5.41) is 32.5. The summed E-state index contributed by atoms with van der Waals surface area (Å²) in [6, 6.07) is 55.8. The summed E-state index contributed by atoms with van der Waals surface area (Å²) in [6.07, 6.45) is -4.90. The maximum Gasteiger partial charge on any atom is 0.417 e. The van der Waals surface area contributed by atoms with E-state index in [4.69, 9.17) is 39.4 Å². The normalized spacial score (nSPS) is 10.9. The summed E-state index contributed by atoms with van der Waals surface area (Å²) in [5.74, 6) is 0. The lowest BCUT2D eigenvalue weighted by Gasteiger charge is -2.21. The molecule has 14 heteroatoms. The van der Waals surface area contributed by atoms with E-state index in [0.717, 1.165) is 6.07 Å². The number of fused-ring (bicyclic) bond motifs is 6. The molecule has 0 aliphatic carbocycles. The Labute approximate surface area is 477 Å². The fourth-order valence-corrected chi connectivity index (χ4v) is 11.2. The van der Waals surface area contributed by atoms with E-state index in [1.165, 1.54) is 42.5 Å². The third-order valence-electron chi connectivity index (χ3n) is 15.0. The smallest absolute Gasteiger partial charge is 0.319 e. The van der Waals surface area contributed by atoms with Crippen LogP contribution < -0.4 is 0 Å². The second-order valence-corrected chi connectivity index (χ2v) is 19.4. The molecule has 386 valence electrons. The molecule has 0 N–H and O–H groups in total. The highest BCUT2D eigenvalue weighted by molar-refractivity contribution is 6.14. The quantitative estimate of drug-likeness (QED) is 0.148. The van der Waals surface area contributed by atoms with Gasteiger partial charge in [0.15, 0.2) is 28.4 Å². The van der Waals surface area contributed by atoms with Gasteiger partial charge in [0.2, 0.25) is 5.69 Å². The molecule has 12 rings (SSSR count). The summed E-state index contributed by atoms with van der Waals surface area (Å²) in [6.45, 7) is 48.6. The maximum atomic E-state index is 15.8. The van der Waals surface area contributed by atoms with E-state index in [0.29, 0.717) is 88.1 Å². The van der Waals surface area contributed by atoms with Gasteiger partial charge in [-0.1, -0.05) is 109 Å². The fraction of sp³-hybridized carbons (Fsp3) is 0.0143. The van der Waals surface area contributed by atoms with E-state index >= 15 is 13.2 Å². The molecule has 0 atom stereocenters. The molecule has 0 saturated carbocycles. The van der Waals surface area contributed by atoms with Crippen molar-refractivity contribution in [3.8, 4) is 85.2 Å². The van der Waals surface area contributed by atoms with Crippen LogP contribution in [0, 0.1) is 73.4 Å². The highest BCUT2D eigenvalue weighted by Crippen LogP contribution is 2.49. The van der Waals surface area contributed by atoms with Gasteiger partial charge in [-0.2, -0.15) is 29.0 Å². The fourth-order valence-electron chi connectivity index (χ4n) is 11.2. The molecule has 0 unspecified atom stereocenters. The van der Waals surface area contributed by atoms with Gasteiger partial charge in [-0.25, -0.2) is 29.1 Å². The second kappa shape index (κ2) is 20.3. The molecule has 0 spiro atoms. The summed E-state index contributed by atoms with van der Waals surface area (Å²) in [4.78, 5) is 22.5. The Balaban J connectivity index is 1.24. The summed E-state index contributed by atoms with van der Waals surface area (Å²) < 4.78 is 51.0. The molecule has 2 heterocycles. The number of halogens is 3. The van der Waals surface area contributed by atoms with E-state index in [-0.39, 0.29) is 73.3 Å². The number of benzene rings is 10. The topological polar surface area (TPSA) is 107 Å². The lowest BCUT2D eigenvalue weighted by atomic mass is 9.95. The van der Waals surface area contributed by atoms with E-state index in [1.54, 1.807) is 69.8 Å². The molecule has 0 aliphatic heterocycles. The van der Waals surface area contributed by atoms with Crippen molar-refractivity contribution < 1.29 is 13.2 Å². The Morgan fingerprint density at radius 2 is 0.762 bits per heavy atom. The van der Waals surface area contributed by atoms with Gasteiger partial charge in [-0.15, -0.1) is 0 Å². The zero-order valence-corrected chi connectivity index (χ0v) is 43.4. The average molecular weight is 1080 g/mol. The maximum absolute atomic E-state index is 15.8. The van der Waals surface area contributed by atoms with Crippen LogP contribution in [0.25, 0.3) is 140 Å². The van der Waals surface area contributed by atoms with Crippen molar-refractivity contribution in [2.75, 3.05) is 0 Å². The van der Waals surface area contributed by atoms with Crippen molar-refractivity contribution in [2.45, 2.75) is 6.18 Å². The molecule has 0 fully saturated rings. The van der Waals surface area contributed by atoms with Gasteiger partial charge >= 0.3 is 6.18 Å². The van der Waals surface area contributed by atoms with E-state index in [1.807, 2.05) is 72.8 Å². The van der Waals surface area contributed by atoms with Gasteiger partial charge < -0.3 is 9.13 Å². The van der Waals surface area contributed by atoms with Gasteiger partial charge in [0.1, 0.15) is 0 Å². The van der Waals surface area contributed by atoms with Gasteiger partial charge in [-0.05, 0) is 123 Å². The first-order valence-electron chi connectivity index (χ1n) is 25.4. The van der Waals surface area contributed by atoms with Crippen LogP contribution in [0.1, 0.15) is 22.3 Å². The number of hydrogen-bond acceptors (Lipinski definition) is 3. The first-order valence-corrected chi connectivity index (χ1v) is 25.4. The molecule has 10 aromatic carbocycles. The van der Waals surface area contributed by atoms with Crippen LogP contribution in [0.5, 0.6) is 0 Å². The van der Waals surface area contributed by atoms with Crippen LogP contribution in [0.2, 0.25) is 0 Å². The zero-order valence-electron chi connectivity index (χ0n) is 43.4. The standard InChI is InChI=1S/C70H30F3N11/c1-77-47-17-25-49(46(29-47)39-76)42-13-21-54-55-22-14-43(50-19-11-40(37-74)27-60(50)79-3)31-65(55)83(64(54)30-42)68-36-63(82-6)69(35-58(68)53-9-7-8-10-59(53)70(71,72)73)84-66-32-44(51-20-12-41(38-75)28-61(51)80-4)15-23-56(66)57-24-16-45(33-67(57)84)52-26-18-48(78-2)34-62(52)81-5/h7-36H. The molecule has 0 aliphatic rings. The molecule has 12 aromatic rings. The largest absolute Gasteiger partial charge is 0.417 e. The number of rotatable bonds is 7. The minimum absolute atomic E-state index is 0.00233. The molecule has 0 amide bonds. The van der Waals surface area contributed by atoms with Crippen molar-refractivity contribution in [2.24, 2.45) is 0 Å². The van der Waals surface area contributed by atoms with E-state index < -0.39 is 11.7 Å². The van der Waals surface area contributed by atoms with E-state index in [2.05, 4.69) is 47.3 Å². The lowest BCUT2D eigenvalue weighted by molar-refractivity contribution is -0.137. The number of aromatic nitrogens is 2. The van der Waals surface area contributed by atoms with Crippen molar-refractivity contribution in [3.05, 3.63) is 273 Å². The minimum atomic E-state index is -4.90. The van der Waals surface area contributed by atoms with Crippen LogP contribution in [0.3, 0.4) is 0 Å². The Kier molecular flexibility index (Phi) is 12.5. The lowest BCUT2D eigenvalue weighted by Crippen LogP contribution is -2.09. The predicted octanol–water partition coefficient (Wildman–Crippen LogP) is 20.2. The summed E-state index contributed by atoms with van der Waals surface area (Å²) in [5.41, 5.74) is 7.27. The summed E-state index contributed by atoms with van der Waals surface area (Å²) >= 11 is 0. The van der Waals surface area contributed by atoms with Gasteiger partial charge in [0, 0.05) is 49.5 Å². The molecular weight excluding hydrogens is 1050 g/mol. The third kappa shape index (κ3) is 8.48. The Morgan fingerprint density at radius 3 is 1.20 bits per heavy atom. The first-order chi connectivity index (χ1) is 40.8. The van der Waals surface area contributed by atoms with Crippen molar-refractivity contribution >= 4 is 77.7 Å². The molecule has 2 aromatic heterocycles. The van der Waals surface area contributed by atoms with Gasteiger partial charge in [0.25, 0.3) is 0 Å². The average Bonchev–Trinajstić information content (AvgIpc) is 1.87. The number of hydrogen-bond donors (Lipinski definition) is 0. The van der Waals surface area contributed by atoms with Crippen LogP contribution in [-0.2, 0) is 6.18 Å². The molecular formula is C70H30F3N11. The predicted molar refractivity (Wildman–Crippen MR) is 319 cm³/mol. The van der Waals surface area contributed by atoms with Crippen LogP contribution in [-0.4, -0.2) is 9.13 Å². The Bertz CT molecular complexity index is 5060. The monoisotopic (exact) mass is 1080 g/mol. The zero-order chi connectivity index (χ0) is 58.6. The SMILES string of the molecule is [C-]#[N+]c1ccc(-c2ccc3c4ccc(-c5ccc(C#N)cc5[N+]#[C-])cc4n(-c4cc([N+]#[C-])c(-n5c6cc(-c7ccc(C#N)cc7[N+]#[C-])ccc6c6ccc(-c7ccc([N+]#[C-])cc7[N+]#[C-])cc65)cc4-c4ccccc4C(F)(F)F)c3c2)c(C#N)c1. The number of nitrogens with zero attached hydrogens (tertiary/aromatic N) is 11. The highest BCUT2D eigenvalue weighted by atomic mass is 19.4. The van der Waals surface area contributed by atoms with Crippen LogP contribution >= 0.6 is 0 Å². The van der Waals surface area contributed by atoms with Crippen molar-refractivity contribution in [3.63, 3.8) is 0 Å². The minimum Gasteiger partial charge on any atom is -0.319 e. The molecule has 11 nitrogen and oxygen atoms in total. The van der Waals surface area contributed by atoms with E-state index in [9.17, 15) is 15.8 Å². The molecule has 84 heavy (non-hydrogen) atoms. The number of nitriles is 3.